The predicted molar refractivity (Wildman–Crippen MR) is 77.1 cm³/mol. The highest BCUT2D eigenvalue weighted by molar-refractivity contribution is 6.30. The molecule has 2 nitrogen and oxygen atoms in total. The van der Waals surface area contributed by atoms with Crippen LogP contribution >= 0.6 is 11.6 Å². The van der Waals surface area contributed by atoms with E-state index in [4.69, 9.17) is 16.3 Å². The van der Waals surface area contributed by atoms with Crippen LogP contribution in [0.3, 0.4) is 0 Å². The number of carbonyl (C=O) groups is 1. The summed E-state index contributed by atoms with van der Waals surface area (Å²) >= 11 is 5.60. The van der Waals surface area contributed by atoms with Gasteiger partial charge >= 0.3 is 0 Å². The second-order valence-electron chi connectivity index (χ2n) is 4.33. The molecule has 0 radical (unpaired) electrons. The third kappa shape index (κ3) is 3.36. The van der Waals surface area contributed by atoms with Gasteiger partial charge in [0.15, 0.2) is 5.78 Å². The summed E-state index contributed by atoms with van der Waals surface area (Å²) in [6, 6.07) is 10.8. The molecule has 2 aromatic rings. The molecule has 2 rings (SSSR count). The highest BCUT2D eigenvalue weighted by Gasteiger charge is 2.11. The first-order valence-corrected chi connectivity index (χ1v) is 6.72. The van der Waals surface area contributed by atoms with Crippen LogP contribution in [0.5, 0.6) is 5.75 Å². The van der Waals surface area contributed by atoms with Crippen LogP contribution in [0.2, 0.25) is 5.02 Å². The SMILES string of the molecule is CCCOc1ccc(C(=O)c2ccc(Cl)c(F)c2)cc1. The van der Waals surface area contributed by atoms with Crippen LogP contribution in [-0.4, -0.2) is 12.4 Å². The molecule has 4 heteroatoms. The highest BCUT2D eigenvalue weighted by Crippen LogP contribution is 2.19. The Kier molecular flexibility index (Phi) is 4.74. The van der Waals surface area contributed by atoms with Gasteiger partial charge in [0.2, 0.25) is 0 Å². The molecule has 0 N–H and O–H groups in total. The Hall–Kier alpha value is -1.87. The minimum Gasteiger partial charge on any atom is -0.494 e. The topological polar surface area (TPSA) is 26.3 Å². The lowest BCUT2D eigenvalue weighted by Crippen LogP contribution is -2.02. The van der Waals surface area contributed by atoms with Crippen LogP contribution in [0.25, 0.3) is 0 Å². The molecule has 0 amide bonds. The van der Waals surface area contributed by atoms with Crippen molar-refractivity contribution in [3.05, 3.63) is 64.4 Å². The minimum atomic E-state index is -0.597. The average molecular weight is 293 g/mol. The molecular weight excluding hydrogens is 279 g/mol. The van der Waals surface area contributed by atoms with Crippen molar-refractivity contribution in [3.63, 3.8) is 0 Å². The lowest BCUT2D eigenvalue weighted by atomic mass is 10.0. The average Bonchev–Trinajstić information content (AvgIpc) is 2.48. The van der Waals surface area contributed by atoms with Crippen molar-refractivity contribution in [1.82, 2.24) is 0 Å². The van der Waals surface area contributed by atoms with Gasteiger partial charge in [0.1, 0.15) is 11.6 Å². The maximum atomic E-state index is 13.4. The molecular formula is C16H14ClFO2. The fourth-order valence-electron chi connectivity index (χ4n) is 1.73. The number of hydrogen-bond acceptors (Lipinski definition) is 2. The first-order chi connectivity index (χ1) is 9.61. The standard InChI is InChI=1S/C16H14ClFO2/c1-2-9-20-13-6-3-11(4-7-13)16(19)12-5-8-14(17)15(18)10-12/h3-8,10H,2,9H2,1H3. The van der Waals surface area contributed by atoms with Gasteiger partial charge < -0.3 is 4.74 Å². The summed E-state index contributed by atoms with van der Waals surface area (Å²) in [4.78, 5) is 12.2. The van der Waals surface area contributed by atoms with Gasteiger partial charge in [0.05, 0.1) is 11.6 Å². The summed E-state index contributed by atoms with van der Waals surface area (Å²) in [5.74, 6) is -0.131. The lowest BCUT2D eigenvalue weighted by Gasteiger charge is -2.06. The largest absolute Gasteiger partial charge is 0.494 e. The molecule has 0 unspecified atom stereocenters. The van der Waals surface area contributed by atoms with E-state index in [0.717, 1.165) is 12.5 Å². The third-order valence-electron chi connectivity index (χ3n) is 2.77. The van der Waals surface area contributed by atoms with Crippen LogP contribution in [0, 0.1) is 5.82 Å². The van der Waals surface area contributed by atoms with E-state index in [2.05, 4.69) is 0 Å². The van der Waals surface area contributed by atoms with Gasteiger partial charge in [-0.15, -0.1) is 0 Å². The minimum absolute atomic E-state index is 0.00450. The van der Waals surface area contributed by atoms with Crippen molar-refractivity contribution in [3.8, 4) is 5.75 Å². The fourth-order valence-corrected chi connectivity index (χ4v) is 1.84. The molecule has 20 heavy (non-hydrogen) atoms. The van der Waals surface area contributed by atoms with Gasteiger partial charge in [0.25, 0.3) is 0 Å². The van der Waals surface area contributed by atoms with E-state index < -0.39 is 5.82 Å². The Morgan fingerprint density at radius 3 is 2.40 bits per heavy atom. The Balaban J connectivity index is 2.18. The molecule has 0 fully saturated rings. The molecule has 0 aliphatic rings. The molecule has 104 valence electrons. The molecule has 0 bridgehead atoms. The highest BCUT2D eigenvalue weighted by atomic mass is 35.5. The summed E-state index contributed by atoms with van der Waals surface area (Å²) in [7, 11) is 0. The van der Waals surface area contributed by atoms with Crippen molar-refractivity contribution in [2.24, 2.45) is 0 Å². The van der Waals surface area contributed by atoms with E-state index >= 15 is 0 Å². The zero-order valence-corrected chi connectivity index (χ0v) is 11.8. The summed E-state index contributed by atoms with van der Waals surface area (Å²) in [5, 5.41) is 0.00450. The van der Waals surface area contributed by atoms with E-state index in [0.29, 0.717) is 17.9 Å². The summed E-state index contributed by atoms with van der Waals surface area (Å²) in [6.45, 7) is 2.66. The number of hydrogen-bond donors (Lipinski definition) is 0. The summed E-state index contributed by atoms with van der Waals surface area (Å²) < 4.78 is 18.8. The molecule has 0 saturated carbocycles. The molecule has 0 atom stereocenters. The molecule has 2 aromatic carbocycles. The van der Waals surface area contributed by atoms with Crippen LogP contribution < -0.4 is 4.74 Å². The van der Waals surface area contributed by atoms with E-state index in [9.17, 15) is 9.18 Å². The second-order valence-corrected chi connectivity index (χ2v) is 4.74. The number of ketones is 1. The first kappa shape index (κ1) is 14.5. The van der Waals surface area contributed by atoms with E-state index in [-0.39, 0.29) is 16.4 Å². The number of carbonyl (C=O) groups excluding carboxylic acids is 1. The molecule has 0 spiro atoms. The fraction of sp³-hybridized carbons (Fsp3) is 0.188. The Morgan fingerprint density at radius 1 is 1.15 bits per heavy atom. The Labute approximate surface area is 122 Å². The molecule has 0 aliphatic heterocycles. The Bertz CT molecular complexity index is 608. The normalized spacial score (nSPS) is 10.3. The number of rotatable bonds is 5. The van der Waals surface area contributed by atoms with Gasteiger partial charge in [-0.3, -0.25) is 4.79 Å². The second kappa shape index (κ2) is 6.53. The molecule has 0 saturated heterocycles. The van der Waals surface area contributed by atoms with Crippen molar-refractivity contribution >= 4 is 17.4 Å². The van der Waals surface area contributed by atoms with Crippen molar-refractivity contribution in [2.45, 2.75) is 13.3 Å². The van der Waals surface area contributed by atoms with Gasteiger partial charge in [0, 0.05) is 11.1 Å². The Morgan fingerprint density at radius 2 is 1.80 bits per heavy atom. The monoisotopic (exact) mass is 292 g/mol. The smallest absolute Gasteiger partial charge is 0.193 e. The van der Waals surface area contributed by atoms with Crippen LogP contribution in [0.4, 0.5) is 4.39 Å². The number of halogens is 2. The van der Waals surface area contributed by atoms with E-state index in [1.165, 1.54) is 12.1 Å². The van der Waals surface area contributed by atoms with Gasteiger partial charge in [-0.25, -0.2) is 4.39 Å². The van der Waals surface area contributed by atoms with Crippen LogP contribution in [0.15, 0.2) is 42.5 Å². The van der Waals surface area contributed by atoms with E-state index in [1.54, 1.807) is 24.3 Å². The summed E-state index contributed by atoms with van der Waals surface area (Å²) in [5.41, 5.74) is 0.754. The maximum absolute atomic E-state index is 13.4. The van der Waals surface area contributed by atoms with Crippen molar-refractivity contribution in [2.75, 3.05) is 6.61 Å². The zero-order valence-electron chi connectivity index (χ0n) is 11.0. The molecule has 0 aromatic heterocycles. The van der Waals surface area contributed by atoms with Crippen molar-refractivity contribution in [1.29, 1.82) is 0 Å². The predicted octanol–water partition coefficient (Wildman–Crippen LogP) is 4.50. The molecule has 0 aliphatic carbocycles. The van der Waals surface area contributed by atoms with Crippen LogP contribution in [-0.2, 0) is 0 Å². The van der Waals surface area contributed by atoms with E-state index in [1.807, 2.05) is 6.92 Å². The number of ether oxygens (including phenoxy) is 1. The molecule has 0 heterocycles. The third-order valence-corrected chi connectivity index (χ3v) is 3.08. The van der Waals surface area contributed by atoms with Crippen LogP contribution in [0.1, 0.15) is 29.3 Å². The quantitative estimate of drug-likeness (QED) is 0.759. The number of benzene rings is 2. The van der Waals surface area contributed by atoms with Gasteiger partial charge in [-0.05, 0) is 48.9 Å². The zero-order chi connectivity index (χ0) is 14.5. The maximum Gasteiger partial charge on any atom is 0.193 e. The first-order valence-electron chi connectivity index (χ1n) is 6.34. The van der Waals surface area contributed by atoms with Gasteiger partial charge in [-0.1, -0.05) is 18.5 Å². The summed E-state index contributed by atoms with van der Waals surface area (Å²) in [6.07, 6.45) is 0.921. The van der Waals surface area contributed by atoms with Gasteiger partial charge in [-0.2, -0.15) is 0 Å². The van der Waals surface area contributed by atoms with Crippen molar-refractivity contribution < 1.29 is 13.9 Å². The lowest BCUT2D eigenvalue weighted by molar-refractivity contribution is 0.103.